The van der Waals surface area contributed by atoms with Gasteiger partial charge in [0.25, 0.3) is 0 Å². The van der Waals surface area contributed by atoms with Crippen molar-refractivity contribution >= 4 is 16.7 Å². The molecule has 2 atom stereocenters. The van der Waals surface area contributed by atoms with E-state index in [1.165, 1.54) is 12.7 Å². The molecule has 0 amide bonds. The van der Waals surface area contributed by atoms with Crippen LogP contribution in [-0.2, 0) is 4.74 Å². The van der Waals surface area contributed by atoms with Crippen molar-refractivity contribution in [3.8, 4) is 11.3 Å². The molecule has 2 heterocycles. The third-order valence-electron chi connectivity index (χ3n) is 5.77. The van der Waals surface area contributed by atoms with Crippen molar-refractivity contribution in [2.45, 2.75) is 18.6 Å². The largest absolute Gasteiger partial charge is 0.465 e. The van der Waals surface area contributed by atoms with E-state index < -0.39 is 6.10 Å². The Kier molecular flexibility index (Phi) is 4.18. The minimum absolute atomic E-state index is 0.0118. The second-order valence-corrected chi connectivity index (χ2v) is 7.28. The molecule has 5 heteroatoms. The molecule has 0 radical (unpaired) electrons. The summed E-state index contributed by atoms with van der Waals surface area (Å²) in [6.07, 6.45) is 3.51. The molecule has 0 spiro atoms. The summed E-state index contributed by atoms with van der Waals surface area (Å²) in [5.41, 5.74) is 4.73. The highest BCUT2D eigenvalue weighted by atomic mass is 16.5. The number of hydrogen-bond donors (Lipinski definition) is 1. The number of fused-ring (bicyclic) bond motifs is 4. The molecular weight excluding hydrogens is 364 g/mol. The lowest BCUT2D eigenvalue weighted by Crippen LogP contribution is -2.11. The Morgan fingerprint density at radius 3 is 2.69 bits per heavy atom. The Bertz CT molecular complexity index is 1230. The van der Waals surface area contributed by atoms with E-state index >= 15 is 0 Å². The molecule has 2 unspecified atom stereocenters. The SMILES string of the molecule is COC(=O)c1ccc(C(O)CC2c3ccccc3-c3cncn32)c2ccccc12. The fourth-order valence-corrected chi connectivity index (χ4v) is 4.41. The van der Waals surface area contributed by atoms with E-state index in [0.29, 0.717) is 12.0 Å². The average Bonchev–Trinajstić information content (AvgIpc) is 3.35. The first-order valence-electron chi connectivity index (χ1n) is 9.58. The Hall–Kier alpha value is -3.44. The van der Waals surface area contributed by atoms with Gasteiger partial charge in [-0.05, 0) is 28.0 Å². The van der Waals surface area contributed by atoms with Gasteiger partial charge in [0.15, 0.2) is 0 Å². The van der Waals surface area contributed by atoms with Crippen LogP contribution in [0.15, 0.2) is 73.2 Å². The highest BCUT2D eigenvalue weighted by Gasteiger charge is 2.30. The van der Waals surface area contributed by atoms with Crippen molar-refractivity contribution in [1.29, 1.82) is 0 Å². The highest BCUT2D eigenvalue weighted by molar-refractivity contribution is 6.05. The van der Waals surface area contributed by atoms with Crippen LogP contribution in [0.25, 0.3) is 22.0 Å². The molecule has 0 saturated heterocycles. The number of imidazole rings is 1. The monoisotopic (exact) mass is 384 g/mol. The Labute approximate surface area is 168 Å². The minimum atomic E-state index is -0.696. The van der Waals surface area contributed by atoms with Crippen LogP contribution in [-0.4, -0.2) is 27.7 Å². The number of methoxy groups -OCH3 is 1. The fourth-order valence-electron chi connectivity index (χ4n) is 4.41. The van der Waals surface area contributed by atoms with Gasteiger partial charge in [0.05, 0.1) is 43.0 Å². The summed E-state index contributed by atoms with van der Waals surface area (Å²) < 4.78 is 7.03. The number of carbonyl (C=O) groups excluding carboxylic acids is 1. The summed E-state index contributed by atoms with van der Waals surface area (Å²) in [5.74, 6) is -0.380. The Morgan fingerprint density at radius 2 is 1.86 bits per heavy atom. The molecule has 0 saturated carbocycles. The molecule has 3 aromatic carbocycles. The summed E-state index contributed by atoms with van der Waals surface area (Å²) in [6.45, 7) is 0. The van der Waals surface area contributed by atoms with Crippen LogP contribution < -0.4 is 0 Å². The normalized spacial score (nSPS) is 15.7. The number of aliphatic hydroxyl groups is 1. The number of ether oxygens (including phenoxy) is 1. The van der Waals surface area contributed by atoms with Gasteiger partial charge in [-0.1, -0.05) is 54.6 Å². The molecule has 5 nitrogen and oxygen atoms in total. The molecule has 1 N–H and O–H groups in total. The summed E-state index contributed by atoms with van der Waals surface area (Å²) in [6, 6.07) is 19.4. The van der Waals surface area contributed by atoms with Gasteiger partial charge >= 0.3 is 5.97 Å². The van der Waals surface area contributed by atoms with E-state index in [-0.39, 0.29) is 12.0 Å². The molecule has 4 aromatic rings. The standard InChI is InChI=1S/C24H20N2O3/c1-29-24(28)20-11-10-19(15-6-2-3-7-16(15)20)23(27)12-21-17-8-4-5-9-18(17)22-13-25-14-26(21)22/h2-11,13-14,21,23,27H,12H2,1H3. The smallest absolute Gasteiger partial charge is 0.338 e. The number of nitrogens with zero attached hydrogens (tertiary/aromatic N) is 2. The van der Waals surface area contributed by atoms with Gasteiger partial charge in [0.1, 0.15) is 0 Å². The van der Waals surface area contributed by atoms with E-state index in [1.807, 2.05) is 55.0 Å². The van der Waals surface area contributed by atoms with Gasteiger partial charge < -0.3 is 14.4 Å². The van der Waals surface area contributed by atoms with E-state index in [0.717, 1.165) is 27.6 Å². The lowest BCUT2D eigenvalue weighted by molar-refractivity contribution is 0.0603. The molecule has 1 aliphatic rings. The summed E-state index contributed by atoms with van der Waals surface area (Å²) >= 11 is 0. The number of aromatic nitrogens is 2. The predicted molar refractivity (Wildman–Crippen MR) is 111 cm³/mol. The van der Waals surface area contributed by atoms with Crippen molar-refractivity contribution in [3.05, 3.63) is 89.9 Å². The first-order chi connectivity index (χ1) is 14.2. The van der Waals surface area contributed by atoms with Crippen LogP contribution in [0.2, 0.25) is 0 Å². The van der Waals surface area contributed by atoms with Gasteiger partial charge in [-0.25, -0.2) is 9.78 Å². The van der Waals surface area contributed by atoms with Crippen molar-refractivity contribution in [1.82, 2.24) is 9.55 Å². The molecule has 0 aliphatic carbocycles. The van der Waals surface area contributed by atoms with Crippen LogP contribution in [0.3, 0.4) is 0 Å². The maximum atomic E-state index is 12.1. The zero-order chi connectivity index (χ0) is 20.0. The minimum Gasteiger partial charge on any atom is -0.465 e. The second kappa shape index (κ2) is 6.87. The number of aliphatic hydroxyl groups excluding tert-OH is 1. The van der Waals surface area contributed by atoms with Gasteiger partial charge in [0, 0.05) is 12.0 Å². The topological polar surface area (TPSA) is 64.3 Å². The van der Waals surface area contributed by atoms with E-state index in [2.05, 4.69) is 21.7 Å². The summed E-state index contributed by atoms with van der Waals surface area (Å²) in [7, 11) is 1.38. The molecule has 0 fully saturated rings. The molecule has 144 valence electrons. The van der Waals surface area contributed by atoms with Crippen molar-refractivity contribution in [2.24, 2.45) is 0 Å². The van der Waals surface area contributed by atoms with Crippen molar-refractivity contribution in [2.75, 3.05) is 7.11 Å². The van der Waals surface area contributed by atoms with Gasteiger partial charge in [-0.3, -0.25) is 0 Å². The zero-order valence-corrected chi connectivity index (χ0v) is 15.9. The molecule has 29 heavy (non-hydrogen) atoms. The molecular formula is C24H20N2O3. The lowest BCUT2D eigenvalue weighted by Gasteiger charge is -2.21. The summed E-state index contributed by atoms with van der Waals surface area (Å²) in [4.78, 5) is 16.4. The molecule has 1 aromatic heterocycles. The molecule has 5 rings (SSSR count). The maximum Gasteiger partial charge on any atom is 0.338 e. The van der Waals surface area contributed by atoms with Crippen LogP contribution in [0.5, 0.6) is 0 Å². The lowest BCUT2D eigenvalue weighted by atomic mass is 9.91. The summed E-state index contributed by atoms with van der Waals surface area (Å²) in [5, 5.41) is 12.8. The zero-order valence-electron chi connectivity index (χ0n) is 15.9. The molecule has 0 bridgehead atoms. The maximum absolute atomic E-state index is 12.1. The quantitative estimate of drug-likeness (QED) is 0.526. The number of hydrogen-bond acceptors (Lipinski definition) is 4. The van der Waals surface area contributed by atoms with E-state index in [4.69, 9.17) is 4.74 Å². The van der Waals surface area contributed by atoms with Crippen LogP contribution in [0, 0.1) is 0 Å². The molecule has 1 aliphatic heterocycles. The van der Waals surface area contributed by atoms with Crippen LogP contribution in [0.4, 0.5) is 0 Å². The van der Waals surface area contributed by atoms with Crippen molar-refractivity contribution in [3.63, 3.8) is 0 Å². The van der Waals surface area contributed by atoms with Crippen LogP contribution >= 0.6 is 0 Å². The number of benzene rings is 3. The fraction of sp³-hybridized carbons (Fsp3) is 0.167. The first kappa shape index (κ1) is 17.6. The predicted octanol–water partition coefficient (Wildman–Crippen LogP) is 4.52. The van der Waals surface area contributed by atoms with E-state index in [1.54, 1.807) is 6.07 Å². The average molecular weight is 384 g/mol. The Morgan fingerprint density at radius 1 is 1.10 bits per heavy atom. The number of esters is 1. The highest BCUT2D eigenvalue weighted by Crippen LogP contribution is 2.43. The third kappa shape index (κ3) is 2.74. The third-order valence-corrected chi connectivity index (χ3v) is 5.77. The van der Waals surface area contributed by atoms with Crippen molar-refractivity contribution < 1.29 is 14.6 Å². The van der Waals surface area contributed by atoms with Gasteiger partial charge in [-0.15, -0.1) is 0 Å². The van der Waals surface area contributed by atoms with E-state index in [9.17, 15) is 9.90 Å². The Balaban J connectivity index is 1.55. The number of rotatable bonds is 4. The van der Waals surface area contributed by atoms with Gasteiger partial charge in [-0.2, -0.15) is 0 Å². The second-order valence-electron chi connectivity index (χ2n) is 7.28. The number of carbonyl (C=O) groups is 1. The van der Waals surface area contributed by atoms with Gasteiger partial charge in [0.2, 0.25) is 0 Å². The first-order valence-corrected chi connectivity index (χ1v) is 9.58. The van der Waals surface area contributed by atoms with Crippen LogP contribution in [0.1, 0.15) is 40.1 Å².